The van der Waals surface area contributed by atoms with Crippen LogP contribution in [-0.4, -0.2) is 57.2 Å². The topological polar surface area (TPSA) is 116 Å². The van der Waals surface area contributed by atoms with E-state index >= 15 is 0 Å². The Balaban J connectivity index is 1.92. The summed E-state index contributed by atoms with van der Waals surface area (Å²) in [6.07, 6.45) is 2.60. The minimum absolute atomic E-state index is 0.109. The van der Waals surface area contributed by atoms with Crippen molar-refractivity contribution in [2.45, 2.75) is 13.3 Å². The maximum Gasteiger partial charge on any atom is 0.241 e. The normalized spacial score (nSPS) is 16.1. The third kappa shape index (κ3) is 2.59. The number of nitrogen functional groups attached to an aromatic ring is 1. The van der Waals surface area contributed by atoms with Crippen molar-refractivity contribution >= 4 is 28.7 Å². The molecule has 112 valence electrons. The molecule has 4 N–H and O–H groups in total. The Bertz CT molecular complexity index is 654. The quantitative estimate of drug-likeness (QED) is 0.513. The van der Waals surface area contributed by atoms with E-state index in [1.165, 1.54) is 0 Å². The predicted octanol–water partition coefficient (Wildman–Crippen LogP) is -0.303. The molecule has 3 rings (SSSR count). The SMILES string of the molecule is CC(=O)N1CCCN(c2nc(NN)nc3[nH]ncc23)CC1. The van der Waals surface area contributed by atoms with Gasteiger partial charge in [-0.05, 0) is 6.42 Å². The summed E-state index contributed by atoms with van der Waals surface area (Å²) < 4.78 is 0. The fourth-order valence-electron chi connectivity index (χ4n) is 2.57. The Kier molecular flexibility index (Phi) is 3.57. The minimum Gasteiger partial charge on any atom is -0.354 e. The van der Waals surface area contributed by atoms with Crippen molar-refractivity contribution in [3.63, 3.8) is 0 Å². The second-order valence-electron chi connectivity index (χ2n) is 4.99. The standard InChI is InChI=1S/C12H18N8O/c1-8(21)19-3-2-4-20(6-5-19)11-9-7-14-18-10(9)15-12(16-11)17-13/h7H,2-6,13H2,1H3,(H2,14,15,16,17,18). The van der Waals surface area contributed by atoms with Crippen LogP contribution in [-0.2, 0) is 4.79 Å². The third-order valence-electron chi connectivity index (χ3n) is 3.66. The van der Waals surface area contributed by atoms with E-state index in [0.29, 0.717) is 18.1 Å². The summed E-state index contributed by atoms with van der Waals surface area (Å²) in [7, 11) is 0. The Hall–Kier alpha value is -2.42. The van der Waals surface area contributed by atoms with Crippen molar-refractivity contribution in [3.8, 4) is 0 Å². The van der Waals surface area contributed by atoms with Crippen molar-refractivity contribution in [3.05, 3.63) is 6.20 Å². The van der Waals surface area contributed by atoms with Crippen LogP contribution in [0.1, 0.15) is 13.3 Å². The maximum atomic E-state index is 11.5. The van der Waals surface area contributed by atoms with Crippen molar-refractivity contribution in [1.29, 1.82) is 0 Å². The Morgan fingerprint density at radius 2 is 2.19 bits per heavy atom. The van der Waals surface area contributed by atoms with E-state index in [1.807, 2.05) is 4.90 Å². The molecule has 0 aromatic carbocycles. The van der Waals surface area contributed by atoms with Crippen LogP contribution in [0, 0.1) is 0 Å². The maximum absolute atomic E-state index is 11.5. The van der Waals surface area contributed by atoms with Crippen molar-refractivity contribution in [2.24, 2.45) is 5.84 Å². The van der Waals surface area contributed by atoms with Crippen LogP contribution in [0.25, 0.3) is 11.0 Å². The summed E-state index contributed by atoms with van der Waals surface area (Å²) in [5.74, 6) is 6.66. The smallest absolute Gasteiger partial charge is 0.241 e. The van der Waals surface area contributed by atoms with E-state index in [9.17, 15) is 4.79 Å². The molecule has 0 spiro atoms. The Morgan fingerprint density at radius 1 is 1.33 bits per heavy atom. The highest BCUT2D eigenvalue weighted by molar-refractivity contribution is 5.87. The number of rotatable bonds is 2. The number of amides is 1. The first-order chi connectivity index (χ1) is 10.2. The summed E-state index contributed by atoms with van der Waals surface area (Å²) in [6, 6.07) is 0. The molecule has 1 saturated heterocycles. The molecule has 0 radical (unpaired) electrons. The van der Waals surface area contributed by atoms with Gasteiger partial charge in [0, 0.05) is 33.1 Å². The first-order valence-electron chi connectivity index (χ1n) is 6.87. The van der Waals surface area contributed by atoms with Gasteiger partial charge in [0.1, 0.15) is 5.82 Å². The monoisotopic (exact) mass is 290 g/mol. The molecule has 1 amide bonds. The number of hydrogen-bond donors (Lipinski definition) is 3. The molecule has 9 heteroatoms. The summed E-state index contributed by atoms with van der Waals surface area (Å²) >= 11 is 0. The molecule has 0 saturated carbocycles. The van der Waals surface area contributed by atoms with E-state index in [2.05, 4.69) is 30.5 Å². The number of anilines is 2. The molecular formula is C12H18N8O. The lowest BCUT2D eigenvalue weighted by molar-refractivity contribution is -0.128. The van der Waals surface area contributed by atoms with Gasteiger partial charge in [0.25, 0.3) is 0 Å². The van der Waals surface area contributed by atoms with E-state index in [-0.39, 0.29) is 5.91 Å². The van der Waals surface area contributed by atoms with E-state index in [4.69, 9.17) is 5.84 Å². The summed E-state index contributed by atoms with van der Waals surface area (Å²) in [6.45, 7) is 4.61. The van der Waals surface area contributed by atoms with Crippen molar-refractivity contribution in [1.82, 2.24) is 25.1 Å². The van der Waals surface area contributed by atoms with Crippen LogP contribution in [0.4, 0.5) is 11.8 Å². The number of nitrogens with two attached hydrogens (primary N) is 1. The molecule has 0 aliphatic carbocycles. The average molecular weight is 290 g/mol. The van der Waals surface area contributed by atoms with Gasteiger partial charge in [-0.3, -0.25) is 15.3 Å². The van der Waals surface area contributed by atoms with Gasteiger partial charge in [0.05, 0.1) is 11.6 Å². The highest BCUT2D eigenvalue weighted by atomic mass is 16.2. The molecule has 21 heavy (non-hydrogen) atoms. The zero-order valence-electron chi connectivity index (χ0n) is 11.8. The molecule has 1 aliphatic heterocycles. The Morgan fingerprint density at radius 3 is 2.95 bits per heavy atom. The number of aromatic nitrogens is 4. The van der Waals surface area contributed by atoms with Crippen molar-refractivity contribution < 1.29 is 4.79 Å². The number of carbonyl (C=O) groups excluding carboxylic acids is 1. The zero-order valence-corrected chi connectivity index (χ0v) is 11.8. The summed E-state index contributed by atoms with van der Waals surface area (Å²) in [5, 5.41) is 7.69. The third-order valence-corrected chi connectivity index (χ3v) is 3.66. The van der Waals surface area contributed by atoms with E-state index < -0.39 is 0 Å². The minimum atomic E-state index is 0.109. The second kappa shape index (κ2) is 5.52. The average Bonchev–Trinajstić information content (AvgIpc) is 2.81. The van der Waals surface area contributed by atoms with Gasteiger partial charge in [-0.25, -0.2) is 5.84 Å². The van der Waals surface area contributed by atoms with Gasteiger partial charge in [0.2, 0.25) is 11.9 Å². The van der Waals surface area contributed by atoms with Crippen LogP contribution in [0.15, 0.2) is 6.20 Å². The van der Waals surface area contributed by atoms with Crippen LogP contribution < -0.4 is 16.2 Å². The molecule has 2 aromatic heterocycles. The molecule has 0 bridgehead atoms. The lowest BCUT2D eigenvalue weighted by Gasteiger charge is -2.23. The fourth-order valence-corrected chi connectivity index (χ4v) is 2.57. The summed E-state index contributed by atoms with van der Waals surface area (Å²) in [5.41, 5.74) is 3.11. The van der Waals surface area contributed by atoms with Gasteiger partial charge >= 0.3 is 0 Å². The largest absolute Gasteiger partial charge is 0.354 e. The predicted molar refractivity (Wildman–Crippen MR) is 78.6 cm³/mol. The zero-order chi connectivity index (χ0) is 14.8. The molecular weight excluding hydrogens is 272 g/mol. The van der Waals surface area contributed by atoms with Gasteiger partial charge in [-0.15, -0.1) is 0 Å². The number of carbonyl (C=O) groups is 1. The molecule has 3 heterocycles. The number of fused-ring (bicyclic) bond motifs is 1. The summed E-state index contributed by atoms with van der Waals surface area (Å²) in [4.78, 5) is 24.2. The van der Waals surface area contributed by atoms with Gasteiger partial charge in [0.15, 0.2) is 5.65 Å². The molecule has 2 aromatic rings. The number of hydrogen-bond acceptors (Lipinski definition) is 7. The number of hydrazine groups is 1. The number of H-pyrrole nitrogens is 1. The fraction of sp³-hybridized carbons (Fsp3) is 0.500. The number of nitrogens with zero attached hydrogens (tertiary/aromatic N) is 5. The number of nitrogens with one attached hydrogen (secondary N) is 2. The first-order valence-corrected chi connectivity index (χ1v) is 6.87. The van der Waals surface area contributed by atoms with Crippen LogP contribution in [0.2, 0.25) is 0 Å². The van der Waals surface area contributed by atoms with E-state index in [1.54, 1.807) is 13.1 Å². The first kappa shape index (κ1) is 13.6. The molecule has 1 fully saturated rings. The lowest BCUT2D eigenvalue weighted by Crippen LogP contribution is -2.34. The van der Waals surface area contributed by atoms with Crippen LogP contribution >= 0.6 is 0 Å². The van der Waals surface area contributed by atoms with E-state index in [0.717, 1.165) is 37.3 Å². The lowest BCUT2D eigenvalue weighted by atomic mass is 10.3. The highest BCUT2D eigenvalue weighted by Gasteiger charge is 2.20. The Labute approximate surface area is 121 Å². The number of aromatic amines is 1. The second-order valence-corrected chi connectivity index (χ2v) is 4.99. The van der Waals surface area contributed by atoms with Gasteiger partial charge in [-0.1, -0.05) is 0 Å². The molecule has 0 atom stereocenters. The van der Waals surface area contributed by atoms with Gasteiger partial charge in [-0.2, -0.15) is 15.1 Å². The molecule has 1 aliphatic rings. The van der Waals surface area contributed by atoms with Crippen LogP contribution in [0.5, 0.6) is 0 Å². The highest BCUT2D eigenvalue weighted by Crippen LogP contribution is 2.24. The van der Waals surface area contributed by atoms with Crippen LogP contribution in [0.3, 0.4) is 0 Å². The van der Waals surface area contributed by atoms with Crippen molar-refractivity contribution in [2.75, 3.05) is 36.5 Å². The molecule has 0 unspecified atom stereocenters. The van der Waals surface area contributed by atoms with Gasteiger partial charge < -0.3 is 9.80 Å². The molecule has 9 nitrogen and oxygen atoms in total.